The first-order valence-corrected chi connectivity index (χ1v) is 10.1. The third-order valence-corrected chi connectivity index (χ3v) is 5.81. The van der Waals surface area contributed by atoms with Crippen LogP contribution in [0.25, 0.3) is 0 Å². The van der Waals surface area contributed by atoms with Crippen LogP contribution in [0, 0.1) is 5.82 Å². The molecule has 2 amide bonds. The molecule has 0 saturated heterocycles. The second-order valence-corrected chi connectivity index (χ2v) is 8.40. The lowest BCUT2D eigenvalue weighted by Gasteiger charge is -2.20. The van der Waals surface area contributed by atoms with Crippen LogP contribution in [0.15, 0.2) is 41.3 Å². The summed E-state index contributed by atoms with van der Waals surface area (Å²) in [6.07, 6.45) is 0.532. The van der Waals surface area contributed by atoms with E-state index in [0.717, 1.165) is 11.6 Å². The van der Waals surface area contributed by atoms with Crippen LogP contribution in [-0.4, -0.2) is 26.3 Å². The Labute approximate surface area is 162 Å². The SMILES string of the molecule is CC(=O)Nc1ccc(F)c(NS(=O)(=O)c2ccc3c(c2)CC(C)N3C(C)=O)c1. The number of carbonyl (C=O) groups is 2. The predicted octanol–water partition coefficient (Wildman–Crippen LogP) is 2.88. The highest BCUT2D eigenvalue weighted by Gasteiger charge is 2.30. The molecule has 1 heterocycles. The lowest BCUT2D eigenvalue weighted by atomic mass is 10.1. The van der Waals surface area contributed by atoms with E-state index in [9.17, 15) is 22.4 Å². The minimum atomic E-state index is -4.06. The molecule has 2 N–H and O–H groups in total. The summed E-state index contributed by atoms with van der Waals surface area (Å²) in [5.41, 5.74) is 1.41. The van der Waals surface area contributed by atoms with E-state index in [-0.39, 0.29) is 34.1 Å². The van der Waals surface area contributed by atoms with Gasteiger partial charge in [-0.05, 0) is 55.3 Å². The van der Waals surface area contributed by atoms with Gasteiger partial charge in [0.1, 0.15) is 5.82 Å². The molecule has 0 aromatic heterocycles. The van der Waals surface area contributed by atoms with E-state index in [0.29, 0.717) is 12.1 Å². The van der Waals surface area contributed by atoms with Gasteiger partial charge in [-0.15, -0.1) is 0 Å². The third kappa shape index (κ3) is 3.84. The van der Waals surface area contributed by atoms with Crippen LogP contribution in [0.2, 0.25) is 0 Å². The topological polar surface area (TPSA) is 95.6 Å². The Balaban J connectivity index is 1.92. The number of nitrogens with one attached hydrogen (secondary N) is 2. The number of benzene rings is 2. The number of nitrogens with zero attached hydrogens (tertiary/aromatic N) is 1. The molecule has 0 fully saturated rings. The normalized spacial score (nSPS) is 15.9. The zero-order chi connectivity index (χ0) is 20.6. The molecular weight excluding hydrogens is 385 g/mol. The van der Waals surface area contributed by atoms with Crippen molar-refractivity contribution in [2.24, 2.45) is 0 Å². The van der Waals surface area contributed by atoms with E-state index in [1.165, 1.54) is 38.1 Å². The summed E-state index contributed by atoms with van der Waals surface area (Å²) in [5, 5.41) is 2.47. The second kappa shape index (κ2) is 7.23. The van der Waals surface area contributed by atoms with Crippen molar-refractivity contribution in [1.82, 2.24) is 0 Å². The molecule has 2 aromatic carbocycles. The van der Waals surface area contributed by atoms with Crippen molar-refractivity contribution >= 4 is 38.9 Å². The number of hydrogen-bond donors (Lipinski definition) is 2. The van der Waals surface area contributed by atoms with Gasteiger partial charge in [0.2, 0.25) is 11.8 Å². The van der Waals surface area contributed by atoms with Gasteiger partial charge in [-0.25, -0.2) is 12.8 Å². The monoisotopic (exact) mass is 405 g/mol. The van der Waals surface area contributed by atoms with Crippen molar-refractivity contribution in [2.75, 3.05) is 14.9 Å². The molecule has 0 saturated carbocycles. The molecule has 148 valence electrons. The van der Waals surface area contributed by atoms with Crippen molar-refractivity contribution in [3.63, 3.8) is 0 Å². The first kappa shape index (κ1) is 19.8. The van der Waals surface area contributed by atoms with Crippen LogP contribution < -0.4 is 14.9 Å². The van der Waals surface area contributed by atoms with Crippen molar-refractivity contribution in [1.29, 1.82) is 0 Å². The highest BCUT2D eigenvalue weighted by molar-refractivity contribution is 7.92. The van der Waals surface area contributed by atoms with Crippen molar-refractivity contribution < 1.29 is 22.4 Å². The van der Waals surface area contributed by atoms with Gasteiger partial charge in [0, 0.05) is 31.3 Å². The Kier molecular flexibility index (Phi) is 5.12. The molecule has 1 atom stereocenters. The highest BCUT2D eigenvalue weighted by atomic mass is 32.2. The fourth-order valence-corrected chi connectivity index (χ4v) is 4.45. The minimum absolute atomic E-state index is 0.0341. The molecule has 1 aliphatic heterocycles. The zero-order valence-electron chi connectivity index (χ0n) is 15.6. The Morgan fingerprint density at radius 1 is 1.14 bits per heavy atom. The first-order chi connectivity index (χ1) is 13.1. The summed E-state index contributed by atoms with van der Waals surface area (Å²) in [5.74, 6) is -1.24. The summed E-state index contributed by atoms with van der Waals surface area (Å²) < 4.78 is 41.8. The number of anilines is 3. The smallest absolute Gasteiger partial charge is 0.261 e. The number of fused-ring (bicyclic) bond motifs is 1. The quantitative estimate of drug-likeness (QED) is 0.818. The van der Waals surface area contributed by atoms with Gasteiger partial charge < -0.3 is 10.2 Å². The lowest BCUT2D eigenvalue weighted by Crippen LogP contribution is -2.33. The number of hydrogen-bond acceptors (Lipinski definition) is 4. The number of carbonyl (C=O) groups excluding carboxylic acids is 2. The molecule has 0 bridgehead atoms. The number of amides is 2. The molecule has 3 rings (SSSR count). The fraction of sp³-hybridized carbons (Fsp3) is 0.263. The Bertz CT molecular complexity index is 1070. The van der Waals surface area contributed by atoms with E-state index < -0.39 is 15.8 Å². The van der Waals surface area contributed by atoms with Gasteiger partial charge >= 0.3 is 0 Å². The maximum atomic E-state index is 14.1. The average Bonchev–Trinajstić information content (AvgIpc) is 2.92. The molecule has 9 heteroatoms. The Hall–Kier alpha value is -2.94. The van der Waals surface area contributed by atoms with E-state index in [1.54, 1.807) is 11.0 Å². The van der Waals surface area contributed by atoms with Gasteiger partial charge in [-0.3, -0.25) is 14.3 Å². The Morgan fingerprint density at radius 3 is 2.50 bits per heavy atom. The summed E-state index contributed by atoms with van der Waals surface area (Å²) in [6.45, 7) is 4.64. The average molecular weight is 405 g/mol. The minimum Gasteiger partial charge on any atom is -0.326 e. The second-order valence-electron chi connectivity index (χ2n) is 6.71. The number of halogens is 1. The van der Waals surface area contributed by atoms with Crippen molar-refractivity contribution in [3.05, 3.63) is 47.8 Å². The lowest BCUT2D eigenvalue weighted by molar-refractivity contribution is -0.117. The molecule has 7 nitrogen and oxygen atoms in total. The van der Waals surface area contributed by atoms with E-state index in [4.69, 9.17) is 0 Å². The van der Waals surface area contributed by atoms with Crippen LogP contribution in [-0.2, 0) is 26.0 Å². The van der Waals surface area contributed by atoms with Crippen molar-refractivity contribution in [2.45, 2.75) is 38.1 Å². The van der Waals surface area contributed by atoms with E-state index in [1.807, 2.05) is 6.92 Å². The van der Waals surface area contributed by atoms with Gasteiger partial charge in [-0.2, -0.15) is 0 Å². The molecule has 0 aliphatic carbocycles. The Morgan fingerprint density at radius 2 is 1.86 bits per heavy atom. The van der Waals surface area contributed by atoms with Crippen LogP contribution in [0.3, 0.4) is 0 Å². The van der Waals surface area contributed by atoms with Crippen molar-refractivity contribution in [3.8, 4) is 0 Å². The number of rotatable bonds is 4. The summed E-state index contributed by atoms with van der Waals surface area (Å²) in [7, 11) is -4.06. The summed E-state index contributed by atoms with van der Waals surface area (Å²) >= 11 is 0. The van der Waals surface area contributed by atoms with Crippen LogP contribution in [0.4, 0.5) is 21.5 Å². The first-order valence-electron chi connectivity index (χ1n) is 8.61. The van der Waals surface area contributed by atoms with E-state index >= 15 is 0 Å². The maximum absolute atomic E-state index is 14.1. The predicted molar refractivity (Wildman–Crippen MR) is 104 cm³/mol. The van der Waals surface area contributed by atoms with Gasteiger partial charge in [0.05, 0.1) is 10.6 Å². The zero-order valence-corrected chi connectivity index (χ0v) is 16.4. The molecule has 1 unspecified atom stereocenters. The largest absolute Gasteiger partial charge is 0.326 e. The van der Waals surface area contributed by atoms with E-state index in [2.05, 4.69) is 10.0 Å². The van der Waals surface area contributed by atoms with Gasteiger partial charge in [0.25, 0.3) is 10.0 Å². The summed E-state index contributed by atoms with van der Waals surface area (Å²) in [4.78, 5) is 24.6. The third-order valence-electron chi connectivity index (χ3n) is 4.45. The van der Waals surface area contributed by atoms with Crippen LogP contribution >= 0.6 is 0 Å². The standard InChI is InChI=1S/C19H20FN3O4S/c1-11-8-14-9-16(5-7-19(14)23(11)13(3)25)28(26,27)22-18-10-15(21-12(2)24)4-6-17(18)20/h4-7,9-11,22H,8H2,1-3H3,(H,21,24). The molecule has 2 aromatic rings. The molecule has 1 aliphatic rings. The number of sulfonamides is 1. The fourth-order valence-electron chi connectivity index (χ4n) is 3.34. The molecule has 0 radical (unpaired) electrons. The molecule has 28 heavy (non-hydrogen) atoms. The van der Waals surface area contributed by atoms with Gasteiger partial charge in [0.15, 0.2) is 0 Å². The van der Waals surface area contributed by atoms with Crippen LogP contribution in [0.1, 0.15) is 26.3 Å². The van der Waals surface area contributed by atoms with Gasteiger partial charge in [-0.1, -0.05) is 0 Å². The molecule has 0 spiro atoms. The summed E-state index contributed by atoms with van der Waals surface area (Å²) in [6, 6.07) is 8.00. The highest BCUT2D eigenvalue weighted by Crippen LogP contribution is 2.34. The van der Waals surface area contributed by atoms with Crippen LogP contribution in [0.5, 0.6) is 0 Å². The maximum Gasteiger partial charge on any atom is 0.261 e. The molecular formula is C19H20FN3O4S.